The molecule has 0 aromatic carbocycles. The van der Waals surface area contributed by atoms with Crippen LogP contribution in [0.15, 0.2) is 0 Å². The van der Waals surface area contributed by atoms with Gasteiger partial charge in [0.1, 0.15) is 36.6 Å². The molecule has 2 aliphatic heterocycles. The third kappa shape index (κ3) is 2.75. The lowest BCUT2D eigenvalue weighted by Crippen LogP contribution is -2.40. The van der Waals surface area contributed by atoms with Gasteiger partial charge in [-0.25, -0.2) is 0 Å². The molecule has 0 saturated carbocycles. The maximum atomic E-state index is 9.63. The van der Waals surface area contributed by atoms with E-state index in [0.717, 1.165) is 0 Å². The highest BCUT2D eigenvalue weighted by atomic mass is 16.8. The van der Waals surface area contributed by atoms with Crippen LogP contribution in [-0.4, -0.2) is 93.1 Å². The summed E-state index contributed by atoms with van der Waals surface area (Å²) in [6.07, 6.45) is -10.1. The third-order valence-corrected chi connectivity index (χ3v) is 3.27. The average molecular weight is 282 g/mol. The van der Waals surface area contributed by atoms with Crippen molar-refractivity contribution in [2.75, 3.05) is 13.2 Å². The van der Waals surface area contributed by atoms with E-state index < -0.39 is 62.4 Å². The van der Waals surface area contributed by atoms with E-state index in [0.29, 0.717) is 0 Å². The molecule has 0 spiro atoms. The van der Waals surface area contributed by atoms with Gasteiger partial charge in [0.2, 0.25) is 0 Å². The van der Waals surface area contributed by atoms with Crippen molar-refractivity contribution in [3.05, 3.63) is 0 Å². The summed E-state index contributed by atoms with van der Waals surface area (Å²) >= 11 is 0. The van der Waals surface area contributed by atoms with Crippen LogP contribution in [0.5, 0.6) is 0 Å². The van der Waals surface area contributed by atoms with Crippen molar-refractivity contribution in [3.63, 3.8) is 0 Å². The van der Waals surface area contributed by atoms with Crippen LogP contribution in [0.1, 0.15) is 0 Å². The fraction of sp³-hybridized carbons (Fsp3) is 1.00. The van der Waals surface area contributed by atoms with Crippen LogP contribution in [0.3, 0.4) is 0 Å². The molecule has 0 aliphatic carbocycles. The molecule has 0 bridgehead atoms. The maximum Gasteiger partial charge on any atom is 0.189 e. The minimum absolute atomic E-state index is 0.506. The van der Waals surface area contributed by atoms with Gasteiger partial charge in [-0.15, -0.1) is 0 Å². The van der Waals surface area contributed by atoms with Gasteiger partial charge in [0.05, 0.1) is 13.2 Å². The first kappa shape index (κ1) is 15.0. The standard InChI is InChI=1S/C10H18O9/c11-1-3-5(13)7(15)9(17-3)19-10-8(16)6(14)4(2-12)18-10/h3-16H,1-2H2/t3-,4-,5-,6-,7-,8-,9+,10?/m1/s1. The molecule has 2 saturated heterocycles. The molecule has 6 N–H and O–H groups in total. The summed E-state index contributed by atoms with van der Waals surface area (Å²) in [6, 6.07) is 0. The second-order valence-corrected chi connectivity index (χ2v) is 4.55. The van der Waals surface area contributed by atoms with Gasteiger partial charge in [-0.05, 0) is 0 Å². The lowest BCUT2D eigenvalue weighted by atomic mass is 10.1. The lowest BCUT2D eigenvalue weighted by molar-refractivity contribution is -0.269. The Hall–Kier alpha value is -0.360. The van der Waals surface area contributed by atoms with Crippen molar-refractivity contribution in [1.82, 2.24) is 0 Å². The monoisotopic (exact) mass is 282 g/mol. The largest absolute Gasteiger partial charge is 0.394 e. The lowest BCUT2D eigenvalue weighted by Gasteiger charge is -2.22. The Morgan fingerprint density at radius 1 is 0.684 bits per heavy atom. The first-order valence-electron chi connectivity index (χ1n) is 5.90. The Morgan fingerprint density at radius 2 is 1.05 bits per heavy atom. The maximum absolute atomic E-state index is 9.63. The van der Waals surface area contributed by atoms with E-state index >= 15 is 0 Å². The van der Waals surface area contributed by atoms with E-state index in [9.17, 15) is 20.4 Å². The van der Waals surface area contributed by atoms with E-state index in [4.69, 9.17) is 24.4 Å². The predicted molar refractivity (Wildman–Crippen MR) is 56.6 cm³/mol. The summed E-state index contributed by atoms with van der Waals surface area (Å²) in [7, 11) is 0. The van der Waals surface area contributed by atoms with E-state index in [1.807, 2.05) is 0 Å². The Labute approximate surface area is 108 Å². The van der Waals surface area contributed by atoms with E-state index in [-0.39, 0.29) is 0 Å². The summed E-state index contributed by atoms with van der Waals surface area (Å²) in [5, 5.41) is 56.1. The number of aliphatic hydroxyl groups is 6. The fourth-order valence-electron chi connectivity index (χ4n) is 2.09. The molecule has 1 unspecified atom stereocenters. The zero-order valence-corrected chi connectivity index (χ0v) is 9.94. The number of rotatable bonds is 4. The Morgan fingerprint density at radius 3 is 1.32 bits per heavy atom. The number of ether oxygens (including phenoxy) is 3. The zero-order chi connectivity index (χ0) is 14.2. The van der Waals surface area contributed by atoms with E-state index in [2.05, 4.69) is 0 Å². The van der Waals surface area contributed by atoms with E-state index in [1.54, 1.807) is 0 Å². The van der Waals surface area contributed by atoms with Crippen LogP contribution >= 0.6 is 0 Å². The second-order valence-electron chi connectivity index (χ2n) is 4.55. The van der Waals surface area contributed by atoms with Crippen molar-refractivity contribution in [3.8, 4) is 0 Å². The minimum atomic E-state index is -1.42. The minimum Gasteiger partial charge on any atom is -0.394 e. The molecule has 0 radical (unpaired) electrons. The number of hydrogen-bond acceptors (Lipinski definition) is 9. The van der Waals surface area contributed by atoms with Crippen LogP contribution in [0, 0.1) is 0 Å². The number of hydrogen-bond donors (Lipinski definition) is 6. The van der Waals surface area contributed by atoms with Gasteiger partial charge in [-0.1, -0.05) is 0 Å². The molecule has 19 heavy (non-hydrogen) atoms. The molecular weight excluding hydrogens is 264 g/mol. The van der Waals surface area contributed by atoms with Crippen molar-refractivity contribution in [1.29, 1.82) is 0 Å². The quantitative estimate of drug-likeness (QED) is 0.302. The smallest absolute Gasteiger partial charge is 0.189 e. The summed E-state index contributed by atoms with van der Waals surface area (Å²) in [6.45, 7) is -1.01. The van der Waals surface area contributed by atoms with Crippen LogP contribution < -0.4 is 0 Å². The molecule has 2 fully saturated rings. The summed E-state index contributed by atoms with van der Waals surface area (Å²) in [4.78, 5) is 0. The molecular formula is C10H18O9. The van der Waals surface area contributed by atoms with Gasteiger partial charge >= 0.3 is 0 Å². The molecule has 2 rings (SSSR count). The number of aliphatic hydroxyl groups excluding tert-OH is 6. The normalized spacial score (nSPS) is 50.8. The SMILES string of the molecule is OC[C@H]1OC(O[C@@H]2O[C@H](CO)[C@@H](O)[C@H]2O)[C@H](O)[C@@H]1O. The van der Waals surface area contributed by atoms with Crippen LogP contribution in [0.25, 0.3) is 0 Å². The summed E-state index contributed by atoms with van der Waals surface area (Å²) < 4.78 is 15.2. The molecule has 0 aromatic rings. The Kier molecular flexibility index (Phi) is 4.71. The molecule has 0 amide bonds. The summed E-state index contributed by atoms with van der Waals surface area (Å²) in [5.74, 6) is 0. The third-order valence-electron chi connectivity index (χ3n) is 3.27. The average Bonchev–Trinajstić information content (AvgIpc) is 2.83. The highest BCUT2D eigenvalue weighted by Gasteiger charge is 2.49. The molecule has 9 nitrogen and oxygen atoms in total. The summed E-state index contributed by atoms with van der Waals surface area (Å²) in [5.41, 5.74) is 0. The molecule has 112 valence electrons. The Bertz CT molecular complexity index is 273. The van der Waals surface area contributed by atoms with Crippen LogP contribution in [0.2, 0.25) is 0 Å². The van der Waals surface area contributed by atoms with Gasteiger partial charge in [-0.2, -0.15) is 0 Å². The fourth-order valence-corrected chi connectivity index (χ4v) is 2.09. The van der Waals surface area contributed by atoms with Gasteiger partial charge in [0.25, 0.3) is 0 Å². The van der Waals surface area contributed by atoms with Gasteiger partial charge in [-0.3, -0.25) is 0 Å². The van der Waals surface area contributed by atoms with Crippen molar-refractivity contribution >= 4 is 0 Å². The van der Waals surface area contributed by atoms with Gasteiger partial charge in [0.15, 0.2) is 12.6 Å². The van der Waals surface area contributed by atoms with Crippen molar-refractivity contribution in [2.24, 2.45) is 0 Å². The second kappa shape index (κ2) is 5.95. The van der Waals surface area contributed by atoms with Gasteiger partial charge in [0, 0.05) is 0 Å². The first-order valence-corrected chi connectivity index (χ1v) is 5.90. The highest BCUT2D eigenvalue weighted by molar-refractivity contribution is 4.90. The molecule has 2 heterocycles. The molecule has 0 aromatic heterocycles. The van der Waals surface area contributed by atoms with Crippen molar-refractivity contribution < 1.29 is 44.8 Å². The van der Waals surface area contributed by atoms with Gasteiger partial charge < -0.3 is 44.8 Å². The molecule has 8 atom stereocenters. The zero-order valence-electron chi connectivity index (χ0n) is 9.94. The topological polar surface area (TPSA) is 149 Å². The molecule has 9 heteroatoms. The van der Waals surface area contributed by atoms with Crippen LogP contribution in [0.4, 0.5) is 0 Å². The predicted octanol–water partition coefficient (Wildman–Crippen LogP) is -4.12. The van der Waals surface area contributed by atoms with Crippen LogP contribution in [-0.2, 0) is 14.2 Å². The highest BCUT2D eigenvalue weighted by Crippen LogP contribution is 2.28. The molecule has 2 aliphatic rings. The van der Waals surface area contributed by atoms with E-state index in [1.165, 1.54) is 0 Å². The first-order chi connectivity index (χ1) is 8.99. The Balaban J connectivity index is 1.95. The van der Waals surface area contributed by atoms with Crippen molar-refractivity contribution in [2.45, 2.75) is 49.2 Å².